The molecule has 3 rings (SSSR count). The molecule has 1 atom stereocenters. The summed E-state index contributed by atoms with van der Waals surface area (Å²) in [6.07, 6.45) is 0. The maximum absolute atomic E-state index is 13.1. The van der Waals surface area contributed by atoms with E-state index in [2.05, 4.69) is 12.1 Å². The summed E-state index contributed by atoms with van der Waals surface area (Å²) < 4.78 is 21.8. The molecule has 0 amide bonds. The van der Waals surface area contributed by atoms with Gasteiger partial charge in [-0.05, 0) is 34.4 Å². The lowest BCUT2D eigenvalue weighted by Crippen LogP contribution is -1.96. The molecule has 0 radical (unpaired) electrons. The second-order valence-corrected chi connectivity index (χ2v) is 5.08. The Kier molecular flexibility index (Phi) is 3.48. The average Bonchev–Trinajstić information content (AvgIpc) is 2.56. The number of benzene rings is 3. The first-order valence-electron chi connectivity index (χ1n) is 7.49. The van der Waals surface area contributed by atoms with E-state index in [1.807, 2.05) is 49.4 Å². The molecule has 0 fully saturated rings. The molecule has 0 bridgehead atoms. The van der Waals surface area contributed by atoms with Crippen LogP contribution in [0.1, 0.15) is 25.3 Å². The highest BCUT2D eigenvalue weighted by Crippen LogP contribution is 2.28. The van der Waals surface area contributed by atoms with Crippen molar-refractivity contribution in [1.82, 2.24) is 0 Å². The predicted molar refractivity (Wildman–Crippen MR) is 85.8 cm³/mol. The molecular weight excluding hydrogens is 259 g/mol. The zero-order chi connectivity index (χ0) is 15.6. The van der Waals surface area contributed by atoms with Gasteiger partial charge < -0.3 is 0 Å². The van der Waals surface area contributed by atoms with Gasteiger partial charge in [-0.3, -0.25) is 0 Å². The molecule has 0 aliphatic heterocycles. The third kappa shape index (κ3) is 3.03. The van der Waals surface area contributed by atoms with Gasteiger partial charge in [0.15, 0.2) is 0 Å². The van der Waals surface area contributed by atoms with Crippen LogP contribution in [0.15, 0.2) is 78.9 Å². The van der Waals surface area contributed by atoms with E-state index in [9.17, 15) is 4.39 Å². The van der Waals surface area contributed by atoms with Crippen molar-refractivity contribution >= 4 is 0 Å². The van der Waals surface area contributed by atoms with Gasteiger partial charge >= 0.3 is 0 Å². The molecule has 3 aromatic rings. The molecule has 1 heteroatoms. The van der Waals surface area contributed by atoms with E-state index in [1.54, 1.807) is 12.1 Å². The normalized spacial score (nSPS) is 14.3. The highest BCUT2D eigenvalue weighted by atomic mass is 19.1. The van der Waals surface area contributed by atoms with Crippen LogP contribution in [0.3, 0.4) is 0 Å². The van der Waals surface area contributed by atoms with Crippen molar-refractivity contribution in [2.24, 2.45) is 0 Å². The third-order valence-corrected chi connectivity index (χ3v) is 3.68. The molecule has 0 N–H and O–H groups in total. The molecule has 0 saturated heterocycles. The summed E-state index contributed by atoms with van der Waals surface area (Å²) in [6, 6.07) is 24.3. The van der Waals surface area contributed by atoms with Crippen LogP contribution in [0.5, 0.6) is 0 Å². The van der Waals surface area contributed by atoms with Crippen LogP contribution in [0.25, 0.3) is 11.1 Å². The summed E-state index contributed by atoms with van der Waals surface area (Å²) in [7, 11) is 0. The van der Waals surface area contributed by atoms with Crippen LogP contribution in [0.2, 0.25) is 0 Å². The number of rotatable bonds is 3. The topological polar surface area (TPSA) is 0 Å². The van der Waals surface area contributed by atoms with Gasteiger partial charge in [0.1, 0.15) is 5.82 Å². The molecule has 0 heterocycles. The maximum Gasteiger partial charge on any atom is 0.123 e. The monoisotopic (exact) mass is 277 g/mol. The fourth-order valence-corrected chi connectivity index (χ4v) is 2.43. The zero-order valence-corrected chi connectivity index (χ0v) is 11.9. The van der Waals surface area contributed by atoms with Crippen LogP contribution < -0.4 is 0 Å². The summed E-state index contributed by atoms with van der Waals surface area (Å²) in [5, 5.41) is 0. The first-order chi connectivity index (χ1) is 10.6. The van der Waals surface area contributed by atoms with Gasteiger partial charge in [-0.1, -0.05) is 73.7 Å². The molecule has 3 aromatic carbocycles. The van der Waals surface area contributed by atoms with Crippen molar-refractivity contribution in [2.75, 3.05) is 0 Å². The highest BCUT2D eigenvalue weighted by molar-refractivity contribution is 5.64. The fourth-order valence-electron chi connectivity index (χ4n) is 2.43. The van der Waals surface area contributed by atoms with Crippen LogP contribution in [-0.4, -0.2) is 0 Å². The van der Waals surface area contributed by atoms with Crippen molar-refractivity contribution in [3.05, 3.63) is 95.8 Å². The van der Waals surface area contributed by atoms with Crippen molar-refractivity contribution < 1.29 is 5.76 Å². The van der Waals surface area contributed by atoms with Crippen LogP contribution >= 0.6 is 0 Å². The number of hydrogen-bond acceptors (Lipinski definition) is 0. The first-order valence-corrected chi connectivity index (χ1v) is 6.99. The summed E-state index contributed by atoms with van der Waals surface area (Å²) in [4.78, 5) is 0. The average molecular weight is 277 g/mol. The van der Waals surface area contributed by atoms with Gasteiger partial charge in [-0.2, -0.15) is 0 Å². The Bertz CT molecular complexity index is 761. The van der Waals surface area contributed by atoms with E-state index in [4.69, 9.17) is 1.37 Å². The lowest BCUT2D eigenvalue weighted by molar-refractivity contribution is 0.626. The van der Waals surface area contributed by atoms with Gasteiger partial charge in [-0.25, -0.2) is 4.39 Å². The maximum atomic E-state index is 13.1. The first kappa shape index (κ1) is 12.3. The highest BCUT2D eigenvalue weighted by Gasteiger charge is 2.09. The Morgan fingerprint density at radius 2 is 1.43 bits per heavy atom. The number of hydrogen-bond donors (Lipinski definition) is 0. The molecule has 1 unspecified atom stereocenters. The molecule has 0 aliphatic rings. The van der Waals surface area contributed by atoms with E-state index < -0.39 is 5.89 Å². The number of halogens is 1. The molecule has 0 aliphatic carbocycles. The second-order valence-electron chi connectivity index (χ2n) is 5.08. The Labute approximate surface area is 126 Å². The Morgan fingerprint density at radius 3 is 2.14 bits per heavy atom. The lowest BCUT2D eigenvalue weighted by atomic mass is 9.91. The smallest absolute Gasteiger partial charge is 0.123 e. The summed E-state index contributed by atoms with van der Waals surface area (Å²) >= 11 is 0. The third-order valence-electron chi connectivity index (χ3n) is 3.68. The van der Waals surface area contributed by atoms with E-state index in [0.29, 0.717) is 0 Å². The van der Waals surface area contributed by atoms with E-state index in [0.717, 1.165) is 22.3 Å². The minimum absolute atomic E-state index is 0.280. The SMILES string of the molecule is [2H]C(C)(c1ccc(F)cc1)c1cccc(-c2ccccc2)c1. The van der Waals surface area contributed by atoms with Crippen molar-refractivity contribution in [3.63, 3.8) is 0 Å². The molecule has 0 aromatic heterocycles. The van der Waals surface area contributed by atoms with E-state index >= 15 is 0 Å². The van der Waals surface area contributed by atoms with Gasteiger partial charge in [0.05, 0.1) is 0 Å². The van der Waals surface area contributed by atoms with E-state index in [-0.39, 0.29) is 5.82 Å². The molecule has 0 spiro atoms. The minimum Gasteiger partial charge on any atom is -0.207 e. The Balaban J connectivity index is 2.02. The summed E-state index contributed by atoms with van der Waals surface area (Å²) in [5.41, 5.74) is 3.87. The van der Waals surface area contributed by atoms with Crippen LogP contribution in [-0.2, 0) is 0 Å². The Morgan fingerprint density at radius 1 is 0.762 bits per heavy atom. The van der Waals surface area contributed by atoms with Gasteiger partial charge in [0.25, 0.3) is 0 Å². The summed E-state index contributed by atoms with van der Waals surface area (Å²) in [5.74, 6) is -1.20. The van der Waals surface area contributed by atoms with E-state index in [1.165, 1.54) is 12.1 Å². The molecular formula is C20H17F. The molecule has 0 saturated carbocycles. The molecule has 104 valence electrons. The minimum atomic E-state index is -0.918. The summed E-state index contributed by atoms with van der Waals surface area (Å²) in [6.45, 7) is 1.84. The quantitative estimate of drug-likeness (QED) is 0.580. The standard InChI is InChI=1S/C20H17F/c1-15(16-10-12-20(21)13-11-16)18-8-5-9-19(14-18)17-6-3-2-4-7-17/h2-15H,1H3/i15D. The predicted octanol–water partition coefficient (Wildman–Crippen LogP) is 5.64. The van der Waals surface area contributed by atoms with Crippen molar-refractivity contribution in [1.29, 1.82) is 0 Å². The van der Waals surface area contributed by atoms with Crippen LogP contribution in [0, 0.1) is 5.82 Å². The van der Waals surface area contributed by atoms with Gasteiger partial charge in [0.2, 0.25) is 0 Å². The molecule has 0 nitrogen and oxygen atoms in total. The zero-order valence-electron chi connectivity index (χ0n) is 12.9. The van der Waals surface area contributed by atoms with Crippen molar-refractivity contribution in [2.45, 2.75) is 12.8 Å². The van der Waals surface area contributed by atoms with Gasteiger partial charge in [0, 0.05) is 7.26 Å². The van der Waals surface area contributed by atoms with Gasteiger partial charge in [-0.15, -0.1) is 0 Å². The fraction of sp³-hybridized carbons (Fsp3) is 0.100. The Hall–Kier alpha value is -2.41. The molecule has 21 heavy (non-hydrogen) atoms. The van der Waals surface area contributed by atoms with Crippen LogP contribution in [0.4, 0.5) is 4.39 Å². The lowest BCUT2D eigenvalue weighted by Gasteiger charge is -2.14. The largest absolute Gasteiger partial charge is 0.207 e. The van der Waals surface area contributed by atoms with Crippen molar-refractivity contribution in [3.8, 4) is 11.1 Å². The second kappa shape index (κ2) is 5.92.